The molecule has 180 valence electrons. The van der Waals surface area contributed by atoms with Crippen LogP contribution >= 0.6 is 0 Å². The monoisotopic (exact) mass is 453 g/mol. The lowest BCUT2D eigenvalue weighted by molar-refractivity contribution is 0.0421. The van der Waals surface area contributed by atoms with E-state index >= 15 is 0 Å². The van der Waals surface area contributed by atoms with Gasteiger partial charge in [0.05, 0.1) is 7.11 Å². The molecule has 2 aromatic rings. The van der Waals surface area contributed by atoms with E-state index in [0.29, 0.717) is 5.56 Å². The molecule has 0 bridgehead atoms. The SMILES string of the molecule is CCCCCCC(NN(C(=O)c1ccc(CC)cc1)C(=O)c1cccnc1OC)C(C)(C)C. The van der Waals surface area contributed by atoms with Gasteiger partial charge >= 0.3 is 0 Å². The molecule has 6 nitrogen and oxygen atoms in total. The van der Waals surface area contributed by atoms with Gasteiger partial charge in [-0.25, -0.2) is 15.4 Å². The molecule has 0 radical (unpaired) electrons. The van der Waals surface area contributed by atoms with Gasteiger partial charge in [-0.05, 0) is 48.1 Å². The predicted molar refractivity (Wildman–Crippen MR) is 132 cm³/mol. The molecular weight excluding hydrogens is 414 g/mol. The van der Waals surface area contributed by atoms with E-state index < -0.39 is 11.8 Å². The summed E-state index contributed by atoms with van der Waals surface area (Å²) < 4.78 is 5.30. The van der Waals surface area contributed by atoms with Crippen LogP contribution in [0.15, 0.2) is 42.6 Å². The third-order valence-electron chi connectivity index (χ3n) is 5.89. The number of ether oxygens (including phenoxy) is 1. The average Bonchev–Trinajstić information content (AvgIpc) is 2.82. The minimum atomic E-state index is -0.479. The topological polar surface area (TPSA) is 71.5 Å². The minimum absolute atomic E-state index is 0.0696. The second-order valence-corrected chi connectivity index (χ2v) is 9.45. The lowest BCUT2D eigenvalue weighted by atomic mass is 9.84. The molecule has 1 aromatic heterocycles. The third kappa shape index (κ3) is 7.39. The molecule has 0 saturated carbocycles. The Morgan fingerprint density at radius 2 is 1.73 bits per heavy atom. The maximum atomic E-state index is 13.6. The van der Waals surface area contributed by atoms with Gasteiger partial charge in [0.1, 0.15) is 5.56 Å². The van der Waals surface area contributed by atoms with Crippen LogP contribution in [-0.4, -0.2) is 35.0 Å². The van der Waals surface area contributed by atoms with Crippen molar-refractivity contribution in [1.29, 1.82) is 0 Å². The molecule has 2 rings (SSSR count). The van der Waals surface area contributed by atoms with Crippen molar-refractivity contribution in [2.45, 2.75) is 79.2 Å². The van der Waals surface area contributed by atoms with Crippen molar-refractivity contribution >= 4 is 11.8 Å². The van der Waals surface area contributed by atoms with E-state index in [1.807, 2.05) is 12.1 Å². The lowest BCUT2D eigenvalue weighted by Gasteiger charge is -2.36. The number of hydrazine groups is 1. The molecule has 0 spiro atoms. The summed E-state index contributed by atoms with van der Waals surface area (Å²) in [5.41, 5.74) is 4.97. The number of hydrogen-bond donors (Lipinski definition) is 1. The first-order valence-electron chi connectivity index (χ1n) is 12.0. The van der Waals surface area contributed by atoms with Crippen molar-refractivity contribution < 1.29 is 14.3 Å². The van der Waals surface area contributed by atoms with Crippen molar-refractivity contribution in [2.24, 2.45) is 5.41 Å². The molecule has 0 aliphatic heterocycles. The minimum Gasteiger partial charge on any atom is -0.480 e. The Labute approximate surface area is 198 Å². The van der Waals surface area contributed by atoms with E-state index in [1.54, 1.807) is 30.5 Å². The highest BCUT2D eigenvalue weighted by Gasteiger charge is 2.33. The number of carbonyl (C=O) groups is 2. The second kappa shape index (κ2) is 12.5. The van der Waals surface area contributed by atoms with Crippen molar-refractivity contribution in [1.82, 2.24) is 15.4 Å². The number of unbranched alkanes of at least 4 members (excludes halogenated alkanes) is 3. The van der Waals surface area contributed by atoms with Crippen molar-refractivity contribution in [3.05, 3.63) is 59.3 Å². The number of carbonyl (C=O) groups excluding carboxylic acids is 2. The standard InChI is InChI=1S/C27H39N3O3/c1-7-9-10-11-14-23(27(3,4)5)29-30(25(31)21-17-15-20(8-2)16-18-21)26(32)22-13-12-19-28-24(22)33-6/h12-13,15-19,23,29H,7-11,14H2,1-6H3. The smallest absolute Gasteiger partial charge is 0.280 e. The van der Waals surface area contributed by atoms with Crippen molar-refractivity contribution in [3.8, 4) is 5.88 Å². The number of benzene rings is 1. The van der Waals surface area contributed by atoms with Crippen LogP contribution in [-0.2, 0) is 6.42 Å². The summed E-state index contributed by atoms with van der Waals surface area (Å²) in [4.78, 5) is 31.3. The van der Waals surface area contributed by atoms with Gasteiger partial charge in [0, 0.05) is 17.8 Å². The highest BCUT2D eigenvalue weighted by Crippen LogP contribution is 2.26. The fourth-order valence-corrected chi connectivity index (χ4v) is 3.68. The van der Waals surface area contributed by atoms with E-state index in [9.17, 15) is 9.59 Å². The highest BCUT2D eigenvalue weighted by atomic mass is 16.5. The summed E-state index contributed by atoms with van der Waals surface area (Å²) in [6, 6.07) is 10.6. The molecule has 2 amide bonds. The molecular formula is C27H39N3O3. The van der Waals surface area contributed by atoms with E-state index in [1.165, 1.54) is 13.5 Å². The predicted octanol–water partition coefficient (Wildman–Crippen LogP) is 5.82. The maximum absolute atomic E-state index is 13.6. The number of rotatable bonds is 11. The number of nitrogens with zero attached hydrogens (tertiary/aromatic N) is 2. The summed E-state index contributed by atoms with van der Waals surface area (Å²) in [7, 11) is 1.47. The first-order chi connectivity index (χ1) is 15.7. The molecule has 0 fully saturated rings. The van der Waals surface area contributed by atoms with E-state index in [2.05, 4.69) is 45.0 Å². The number of imide groups is 1. The van der Waals surface area contributed by atoms with Crippen LogP contribution in [0.2, 0.25) is 0 Å². The van der Waals surface area contributed by atoms with Gasteiger partial charge in [0.25, 0.3) is 11.8 Å². The molecule has 33 heavy (non-hydrogen) atoms. The van der Waals surface area contributed by atoms with Gasteiger partial charge in [0.2, 0.25) is 5.88 Å². The van der Waals surface area contributed by atoms with Crippen LogP contribution in [0.25, 0.3) is 0 Å². The van der Waals surface area contributed by atoms with Gasteiger partial charge in [-0.15, -0.1) is 0 Å². The number of methoxy groups -OCH3 is 1. The summed E-state index contributed by atoms with van der Waals surface area (Å²) >= 11 is 0. The first kappa shape index (κ1) is 26.5. The van der Waals surface area contributed by atoms with Gasteiger partial charge < -0.3 is 4.74 Å². The number of aromatic nitrogens is 1. The number of pyridine rings is 1. The zero-order valence-electron chi connectivity index (χ0n) is 21.0. The Balaban J connectivity index is 2.41. The molecule has 0 aliphatic carbocycles. The molecule has 0 aliphatic rings. The Morgan fingerprint density at radius 1 is 1.03 bits per heavy atom. The summed E-state index contributed by atoms with van der Waals surface area (Å²) in [6.45, 7) is 10.6. The zero-order chi connectivity index (χ0) is 24.4. The molecule has 1 atom stereocenters. The maximum Gasteiger partial charge on any atom is 0.280 e. The molecule has 1 heterocycles. The Kier molecular flexibility index (Phi) is 10.0. The van der Waals surface area contributed by atoms with Crippen LogP contribution in [0.4, 0.5) is 0 Å². The molecule has 1 N–H and O–H groups in total. The Bertz CT molecular complexity index is 904. The van der Waals surface area contributed by atoms with Gasteiger partial charge in [0.15, 0.2) is 0 Å². The molecule has 1 aromatic carbocycles. The molecule has 0 saturated heterocycles. The summed E-state index contributed by atoms with van der Waals surface area (Å²) in [6.07, 6.45) is 7.79. The van der Waals surface area contributed by atoms with Crippen LogP contribution < -0.4 is 10.2 Å². The van der Waals surface area contributed by atoms with E-state index in [0.717, 1.165) is 42.7 Å². The summed E-state index contributed by atoms with van der Waals surface area (Å²) in [5.74, 6) is -0.678. The van der Waals surface area contributed by atoms with Crippen LogP contribution in [0, 0.1) is 5.41 Å². The quantitative estimate of drug-likeness (QED) is 0.263. The second-order valence-electron chi connectivity index (χ2n) is 9.45. The number of hydrogen-bond acceptors (Lipinski definition) is 5. The third-order valence-corrected chi connectivity index (χ3v) is 5.89. The fourth-order valence-electron chi connectivity index (χ4n) is 3.68. The van der Waals surface area contributed by atoms with E-state index in [-0.39, 0.29) is 22.9 Å². The van der Waals surface area contributed by atoms with Crippen LogP contribution in [0.3, 0.4) is 0 Å². The largest absolute Gasteiger partial charge is 0.480 e. The lowest BCUT2D eigenvalue weighted by Crippen LogP contribution is -2.55. The van der Waals surface area contributed by atoms with Gasteiger partial charge in [-0.1, -0.05) is 72.4 Å². The highest BCUT2D eigenvalue weighted by molar-refractivity contribution is 6.10. The first-order valence-corrected chi connectivity index (χ1v) is 12.0. The van der Waals surface area contributed by atoms with E-state index in [4.69, 9.17) is 4.74 Å². The van der Waals surface area contributed by atoms with Gasteiger partial charge in [-0.2, -0.15) is 0 Å². The number of nitrogens with one attached hydrogen (secondary N) is 1. The Hall–Kier alpha value is -2.73. The van der Waals surface area contributed by atoms with Crippen LogP contribution in [0.1, 0.15) is 93.0 Å². The molecule has 1 unspecified atom stereocenters. The normalized spacial score (nSPS) is 12.3. The Morgan fingerprint density at radius 3 is 2.30 bits per heavy atom. The zero-order valence-corrected chi connectivity index (χ0v) is 21.0. The number of aryl methyl sites for hydroxylation is 1. The van der Waals surface area contributed by atoms with Crippen LogP contribution in [0.5, 0.6) is 5.88 Å². The van der Waals surface area contributed by atoms with Gasteiger partial charge in [-0.3, -0.25) is 9.59 Å². The molecule has 6 heteroatoms. The van der Waals surface area contributed by atoms with Crippen molar-refractivity contribution in [2.75, 3.05) is 7.11 Å². The fraction of sp³-hybridized carbons (Fsp3) is 0.519. The number of amides is 2. The summed E-state index contributed by atoms with van der Waals surface area (Å²) in [5, 5.41) is 1.15. The average molecular weight is 454 g/mol. The van der Waals surface area contributed by atoms with Crippen molar-refractivity contribution in [3.63, 3.8) is 0 Å².